The van der Waals surface area contributed by atoms with E-state index in [2.05, 4.69) is 5.32 Å². The van der Waals surface area contributed by atoms with Crippen LogP contribution in [-0.4, -0.2) is 47.6 Å². The summed E-state index contributed by atoms with van der Waals surface area (Å²) in [4.78, 5) is 25.5. The van der Waals surface area contributed by atoms with Crippen molar-refractivity contribution in [1.29, 1.82) is 0 Å². The van der Waals surface area contributed by atoms with E-state index in [1.807, 2.05) is 0 Å². The van der Waals surface area contributed by atoms with E-state index in [1.54, 1.807) is 29.2 Å². The van der Waals surface area contributed by atoms with Crippen LogP contribution in [0, 0.1) is 0 Å². The van der Waals surface area contributed by atoms with Gasteiger partial charge in [-0.05, 0) is 37.1 Å². The van der Waals surface area contributed by atoms with Crippen LogP contribution in [0.3, 0.4) is 0 Å². The molecule has 0 aliphatic heterocycles. The highest BCUT2D eigenvalue weighted by atomic mass is 35.5. The molecule has 1 saturated carbocycles. The first kappa shape index (κ1) is 14.8. The summed E-state index contributed by atoms with van der Waals surface area (Å²) in [6, 6.07) is 6.69. The molecule has 0 aromatic heterocycles. The van der Waals surface area contributed by atoms with Gasteiger partial charge in [0.25, 0.3) is 5.91 Å². The Morgan fingerprint density at radius 1 is 1.30 bits per heavy atom. The molecule has 5 nitrogen and oxygen atoms in total. The van der Waals surface area contributed by atoms with Crippen LogP contribution in [0.2, 0.25) is 5.02 Å². The molecule has 1 aliphatic carbocycles. The zero-order chi connectivity index (χ0) is 14.5. The third kappa shape index (κ3) is 3.95. The summed E-state index contributed by atoms with van der Waals surface area (Å²) >= 11 is 5.75. The number of aliphatic hydroxyl groups excluding tert-OH is 1. The second kappa shape index (κ2) is 6.72. The molecule has 0 spiro atoms. The van der Waals surface area contributed by atoms with Crippen LogP contribution in [0.1, 0.15) is 23.2 Å². The third-order valence-corrected chi connectivity index (χ3v) is 3.41. The molecule has 108 valence electrons. The normalized spacial score (nSPS) is 13.9. The van der Waals surface area contributed by atoms with Crippen molar-refractivity contribution in [3.05, 3.63) is 34.9 Å². The number of aliphatic hydroxyl groups is 1. The largest absolute Gasteiger partial charge is 0.395 e. The van der Waals surface area contributed by atoms with Gasteiger partial charge in [0, 0.05) is 23.2 Å². The fourth-order valence-corrected chi connectivity index (χ4v) is 2.09. The molecule has 0 atom stereocenters. The minimum Gasteiger partial charge on any atom is -0.395 e. The van der Waals surface area contributed by atoms with Gasteiger partial charge in [0.15, 0.2) is 0 Å². The first-order valence-electron chi connectivity index (χ1n) is 6.56. The van der Waals surface area contributed by atoms with E-state index in [9.17, 15) is 9.59 Å². The van der Waals surface area contributed by atoms with Crippen LogP contribution in [0.15, 0.2) is 24.3 Å². The lowest BCUT2D eigenvalue weighted by Crippen LogP contribution is -2.42. The summed E-state index contributed by atoms with van der Waals surface area (Å²) in [5.41, 5.74) is 0.460. The number of hydrogen-bond donors (Lipinski definition) is 2. The van der Waals surface area contributed by atoms with Crippen LogP contribution >= 0.6 is 11.6 Å². The van der Waals surface area contributed by atoms with Gasteiger partial charge < -0.3 is 15.3 Å². The summed E-state index contributed by atoms with van der Waals surface area (Å²) in [6.07, 6.45) is 1.94. The second-order valence-corrected chi connectivity index (χ2v) is 5.17. The molecule has 6 heteroatoms. The molecular weight excluding hydrogens is 280 g/mol. The van der Waals surface area contributed by atoms with Gasteiger partial charge in [0.05, 0.1) is 13.2 Å². The van der Waals surface area contributed by atoms with E-state index in [4.69, 9.17) is 16.7 Å². The van der Waals surface area contributed by atoms with Gasteiger partial charge in [-0.2, -0.15) is 0 Å². The van der Waals surface area contributed by atoms with E-state index in [-0.39, 0.29) is 31.0 Å². The molecule has 0 heterocycles. The Hall–Kier alpha value is -1.59. The number of nitrogens with one attached hydrogen (secondary N) is 1. The monoisotopic (exact) mass is 296 g/mol. The van der Waals surface area contributed by atoms with E-state index < -0.39 is 0 Å². The zero-order valence-electron chi connectivity index (χ0n) is 11.0. The lowest BCUT2D eigenvalue weighted by molar-refractivity contribution is -0.131. The molecule has 2 rings (SSSR count). The molecule has 20 heavy (non-hydrogen) atoms. The van der Waals surface area contributed by atoms with Crippen LogP contribution in [-0.2, 0) is 4.79 Å². The molecule has 1 fully saturated rings. The molecule has 0 unspecified atom stereocenters. The number of hydrogen-bond acceptors (Lipinski definition) is 3. The van der Waals surface area contributed by atoms with Crippen molar-refractivity contribution in [2.45, 2.75) is 18.9 Å². The molecule has 1 aliphatic rings. The van der Waals surface area contributed by atoms with Gasteiger partial charge in [-0.25, -0.2) is 0 Å². The summed E-state index contributed by atoms with van der Waals surface area (Å²) < 4.78 is 0. The van der Waals surface area contributed by atoms with Crippen molar-refractivity contribution in [3.63, 3.8) is 0 Å². The second-order valence-electron chi connectivity index (χ2n) is 4.73. The Labute approximate surface area is 122 Å². The number of amides is 2. The first-order chi connectivity index (χ1) is 9.61. The quantitative estimate of drug-likeness (QED) is 0.824. The number of carbonyl (C=O) groups is 2. The number of nitrogens with zero attached hydrogens (tertiary/aromatic N) is 1. The molecule has 0 radical (unpaired) electrons. The average molecular weight is 297 g/mol. The van der Waals surface area contributed by atoms with Gasteiger partial charge in [-0.1, -0.05) is 11.6 Å². The summed E-state index contributed by atoms with van der Waals surface area (Å²) in [6.45, 7) is 0.200. The molecule has 1 aromatic carbocycles. The Bertz CT molecular complexity index is 486. The standard InChI is InChI=1S/C14H17ClN2O3/c15-11-3-1-10(2-4-11)14(20)16-9-13(19)17(7-8-18)12-5-6-12/h1-4,12,18H,5-9H2,(H,16,20). The number of halogens is 1. The Morgan fingerprint density at radius 2 is 1.95 bits per heavy atom. The zero-order valence-corrected chi connectivity index (χ0v) is 11.8. The van der Waals surface area contributed by atoms with Crippen molar-refractivity contribution in [1.82, 2.24) is 10.2 Å². The predicted molar refractivity (Wildman–Crippen MR) is 75.6 cm³/mol. The minimum absolute atomic E-state index is 0.0576. The summed E-state index contributed by atoms with van der Waals surface area (Å²) in [5, 5.41) is 12.1. The molecule has 2 N–H and O–H groups in total. The summed E-state index contributed by atoms with van der Waals surface area (Å²) in [7, 11) is 0. The highest BCUT2D eigenvalue weighted by Gasteiger charge is 2.31. The van der Waals surface area contributed by atoms with Crippen molar-refractivity contribution < 1.29 is 14.7 Å². The Kier molecular flexibility index (Phi) is 4.98. The molecule has 0 saturated heterocycles. The van der Waals surface area contributed by atoms with Gasteiger partial charge in [-0.3, -0.25) is 9.59 Å². The van der Waals surface area contributed by atoms with Crippen molar-refractivity contribution in [3.8, 4) is 0 Å². The third-order valence-electron chi connectivity index (χ3n) is 3.16. The van der Waals surface area contributed by atoms with Gasteiger partial charge >= 0.3 is 0 Å². The number of carbonyl (C=O) groups excluding carboxylic acids is 2. The lowest BCUT2D eigenvalue weighted by atomic mass is 10.2. The van der Waals surface area contributed by atoms with E-state index in [0.29, 0.717) is 17.1 Å². The highest BCUT2D eigenvalue weighted by Crippen LogP contribution is 2.26. The Morgan fingerprint density at radius 3 is 2.50 bits per heavy atom. The van der Waals surface area contributed by atoms with E-state index in [0.717, 1.165) is 12.8 Å². The maximum atomic E-state index is 12.0. The Balaban J connectivity index is 1.85. The van der Waals surface area contributed by atoms with E-state index in [1.165, 1.54) is 0 Å². The SMILES string of the molecule is O=C(NCC(=O)N(CCO)C1CC1)c1ccc(Cl)cc1. The van der Waals surface area contributed by atoms with Crippen LogP contribution < -0.4 is 5.32 Å². The predicted octanol–water partition coefficient (Wildman–Crippen LogP) is 1.05. The van der Waals surface area contributed by atoms with Crippen LogP contribution in [0.5, 0.6) is 0 Å². The van der Waals surface area contributed by atoms with Crippen molar-refractivity contribution in [2.24, 2.45) is 0 Å². The van der Waals surface area contributed by atoms with E-state index >= 15 is 0 Å². The maximum absolute atomic E-state index is 12.0. The lowest BCUT2D eigenvalue weighted by Gasteiger charge is -2.21. The fraction of sp³-hybridized carbons (Fsp3) is 0.429. The first-order valence-corrected chi connectivity index (χ1v) is 6.93. The van der Waals surface area contributed by atoms with Crippen molar-refractivity contribution in [2.75, 3.05) is 19.7 Å². The van der Waals surface area contributed by atoms with Crippen molar-refractivity contribution >= 4 is 23.4 Å². The molecule has 1 aromatic rings. The van der Waals surface area contributed by atoms with Gasteiger partial charge in [0.2, 0.25) is 5.91 Å². The van der Waals surface area contributed by atoms with Gasteiger partial charge in [-0.15, -0.1) is 0 Å². The average Bonchev–Trinajstić information content (AvgIpc) is 3.27. The number of benzene rings is 1. The number of rotatable bonds is 6. The fourth-order valence-electron chi connectivity index (χ4n) is 1.97. The van der Waals surface area contributed by atoms with Crippen LogP contribution in [0.25, 0.3) is 0 Å². The molecular formula is C14H17ClN2O3. The van der Waals surface area contributed by atoms with Crippen LogP contribution in [0.4, 0.5) is 0 Å². The maximum Gasteiger partial charge on any atom is 0.251 e. The minimum atomic E-state index is -0.310. The highest BCUT2D eigenvalue weighted by molar-refractivity contribution is 6.30. The summed E-state index contributed by atoms with van der Waals surface area (Å²) in [5.74, 6) is -0.473. The topological polar surface area (TPSA) is 69.6 Å². The molecule has 2 amide bonds. The molecule has 0 bridgehead atoms. The van der Waals surface area contributed by atoms with Gasteiger partial charge in [0.1, 0.15) is 0 Å². The smallest absolute Gasteiger partial charge is 0.251 e.